The second kappa shape index (κ2) is 21.2. The molecule has 0 spiro atoms. The van der Waals surface area contributed by atoms with Gasteiger partial charge in [0, 0.05) is 129 Å². The van der Waals surface area contributed by atoms with Crippen molar-refractivity contribution in [2.45, 2.75) is 89.6 Å². The van der Waals surface area contributed by atoms with Gasteiger partial charge in [-0.05, 0) is 123 Å². The first kappa shape index (κ1) is 49.7. The molecule has 1 unspecified atom stereocenters. The summed E-state index contributed by atoms with van der Waals surface area (Å²) in [5, 5.41) is 10.7. The lowest BCUT2D eigenvalue weighted by molar-refractivity contribution is -0.133. The lowest BCUT2D eigenvalue weighted by Crippen LogP contribution is -2.54. The van der Waals surface area contributed by atoms with Crippen LogP contribution in [0.1, 0.15) is 81.0 Å². The van der Waals surface area contributed by atoms with E-state index in [4.69, 9.17) is 9.72 Å². The fraction of sp³-hybridized carbons (Fsp3) is 0.481. The molecule has 3 N–H and O–H groups in total. The summed E-state index contributed by atoms with van der Waals surface area (Å²) in [7, 11) is -1.06. The lowest BCUT2D eigenvalue weighted by Gasteiger charge is -2.44. The number of anilines is 6. The molecule has 4 aliphatic heterocycles. The van der Waals surface area contributed by atoms with Gasteiger partial charge >= 0.3 is 0 Å². The number of hydrogen-bond acceptors (Lipinski definition) is 13. The van der Waals surface area contributed by atoms with E-state index in [0.717, 1.165) is 125 Å². The summed E-state index contributed by atoms with van der Waals surface area (Å²) in [6, 6.07) is 15.5. The van der Waals surface area contributed by atoms with E-state index in [2.05, 4.69) is 80.5 Å². The van der Waals surface area contributed by atoms with Crippen molar-refractivity contribution in [1.82, 2.24) is 30.1 Å². The highest BCUT2D eigenvalue weighted by Gasteiger charge is 2.34. The topological polar surface area (TPSA) is 148 Å². The number of hydrogen-bond donors (Lipinski definition) is 3. The van der Waals surface area contributed by atoms with Crippen molar-refractivity contribution in [2.75, 3.05) is 93.2 Å². The van der Waals surface area contributed by atoms with Crippen LogP contribution in [0, 0.1) is 18.6 Å². The predicted octanol–water partition coefficient (Wildman–Crippen LogP) is 9.24. The molecule has 18 heteroatoms. The van der Waals surface area contributed by atoms with Crippen molar-refractivity contribution >= 4 is 85.6 Å². The Balaban J connectivity index is 0.792. The summed E-state index contributed by atoms with van der Waals surface area (Å²) in [6.07, 6.45) is 8.40. The van der Waals surface area contributed by atoms with Gasteiger partial charge in [0.15, 0.2) is 0 Å². The number of benzene rings is 3. The molecule has 0 bridgehead atoms. The minimum atomic E-state index is -2.74. The molecular weight excluding hydrogens is 978 g/mol. The normalized spacial score (nSPS) is 19.2. The van der Waals surface area contributed by atoms with Crippen molar-refractivity contribution in [3.63, 3.8) is 0 Å². The van der Waals surface area contributed by atoms with Gasteiger partial charge in [-0.15, -0.1) is 0 Å². The first-order valence-corrected chi connectivity index (χ1v) is 28.1. The maximum Gasteiger partial charge on any atom is 0.229 e. The minimum absolute atomic E-state index is 0.104. The van der Waals surface area contributed by atoms with E-state index >= 15 is 8.78 Å². The number of aryl methyl sites for hydroxylation is 2. The quantitative estimate of drug-likeness (QED) is 0.0718. The number of methoxy groups -OCH3 is 1. The van der Waals surface area contributed by atoms with Gasteiger partial charge in [-0.25, -0.2) is 13.8 Å². The van der Waals surface area contributed by atoms with E-state index in [1.54, 1.807) is 26.6 Å². The molecule has 0 radical (unpaired) electrons. The SMILES string of the molecule is CCc1cc(Nc2ncc(Br)c(Nc3ccc4nc(C)ccc4c3P(C)(C)=O)n2)c(OC)cc1N1CCC(N2CCN(CCC3CCCCN3c3cc(F)c(C4CC(=O)NC(=O)C4)c(F)c3)CC2)CC1. The zero-order valence-corrected chi connectivity index (χ0v) is 43.3. The van der Waals surface area contributed by atoms with Gasteiger partial charge in [0.1, 0.15) is 30.3 Å². The second-order valence-electron chi connectivity index (χ2n) is 19.6. The first-order valence-electron chi connectivity index (χ1n) is 24.7. The summed E-state index contributed by atoms with van der Waals surface area (Å²) < 4.78 is 51.4. The van der Waals surface area contributed by atoms with E-state index in [1.165, 1.54) is 23.4 Å². The standard InChI is InChI=1S/C52H64BrF2N10O4P/c1-6-33-25-44(59-52-56-31-39(53)51(61-52)58-43-13-12-42-38(11-10-32(2)57-42)50(43)70(4,5)68)46(69-3)30-45(33)64-19-15-35(16-20-64)63-23-21-62(22-24-63)18-14-36-9-7-8-17-65(36)37-28-40(54)49(41(55)29-37)34-26-47(66)60-48(67)27-34/h10-13,25,28-31,34-36H,6-9,14-24,26-27H2,1-5H3,(H,60,66,67)(H2,56,58,59,61). The van der Waals surface area contributed by atoms with Gasteiger partial charge < -0.3 is 34.6 Å². The van der Waals surface area contributed by atoms with E-state index in [-0.39, 0.29) is 24.4 Å². The Kier molecular flexibility index (Phi) is 15.1. The molecule has 0 aliphatic carbocycles. The number of aromatic nitrogens is 3. The summed E-state index contributed by atoms with van der Waals surface area (Å²) in [6.45, 7) is 15.2. The van der Waals surface area contributed by atoms with Crippen LogP contribution in [-0.4, -0.2) is 121 Å². The Bertz CT molecular complexity index is 2780. The van der Waals surface area contributed by atoms with Crippen LogP contribution in [0.2, 0.25) is 0 Å². The van der Waals surface area contributed by atoms with Crippen LogP contribution in [-0.2, 0) is 20.6 Å². The minimum Gasteiger partial charge on any atom is -0.494 e. The molecule has 4 saturated heterocycles. The molecule has 1 atom stereocenters. The van der Waals surface area contributed by atoms with Crippen LogP contribution in [0.25, 0.3) is 10.9 Å². The maximum absolute atomic E-state index is 15.5. The number of fused-ring (bicyclic) bond motifs is 1. The van der Waals surface area contributed by atoms with Crippen molar-refractivity contribution in [2.24, 2.45) is 0 Å². The number of pyridine rings is 1. The Hall–Kier alpha value is -5.22. The Morgan fingerprint density at radius 1 is 0.871 bits per heavy atom. The van der Waals surface area contributed by atoms with E-state index in [0.29, 0.717) is 39.4 Å². The summed E-state index contributed by atoms with van der Waals surface area (Å²) in [4.78, 5) is 47.9. The zero-order chi connectivity index (χ0) is 49.3. The fourth-order valence-corrected chi connectivity index (χ4v) is 12.9. The van der Waals surface area contributed by atoms with Gasteiger partial charge in [-0.1, -0.05) is 13.0 Å². The Morgan fingerprint density at radius 2 is 1.60 bits per heavy atom. The number of nitrogens with one attached hydrogen (secondary N) is 3. The fourth-order valence-electron chi connectivity index (χ4n) is 11.1. The zero-order valence-electron chi connectivity index (χ0n) is 40.8. The van der Waals surface area contributed by atoms with E-state index < -0.39 is 36.5 Å². The number of carbonyl (C=O) groups excluding carboxylic acids is 2. The van der Waals surface area contributed by atoms with Crippen molar-refractivity contribution in [3.05, 3.63) is 87.7 Å². The number of halogens is 3. The highest BCUT2D eigenvalue weighted by Crippen LogP contribution is 2.43. The largest absolute Gasteiger partial charge is 0.494 e. The predicted molar refractivity (Wildman–Crippen MR) is 279 cm³/mol. The first-order chi connectivity index (χ1) is 33.6. The summed E-state index contributed by atoms with van der Waals surface area (Å²) in [5.41, 5.74) is 5.92. The highest BCUT2D eigenvalue weighted by molar-refractivity contribution is 9.10. The number of piperazine rings is 1. The number of rotatable bonds is 14. The van der Waals surface area contributed by atoms with Crippen LogP contribution in [0.15, 0.2) is 59.2 Å². The highest BCUT2D eigenvalue weighted by atomic mass is 79.9. The van der Waals surface area contributed by atoms with Gasteiger partial charge in [-0.2, -0.15) is 4.98 Å². The third kappa shape index (κ3) is 11.0. The molecule has 3 aromatic carbocycles. The van der Waals surface area contributed by atoms with Crippen molar-refractivity contribution < 1.29 is 27.7 Å². The number of nitrogens with zero attached hydrogens (tertiary/aromatic N) is 7. The number of piperidine rings is 3. The molecule has 372 valence electrons. The number of carbonyl (C=O) groups is 2. The molecule has 4 fully saturated rings. The molecule has 0 saturated carbocycles. The molecule has 9 rings (SSSR count). The van der Waals surface area contributed by atoms with E-state index in [1.807, 2.05) is 31.2 Å². The van der Waals surface area contributed by atoms with Crippen LogP contribution < -0.4 is 35.8 Å². The summed E-state index contributed by atoms with van der Waals surface area (Å²) >= 11 is 3.62. The second-order valence-corrected chi connectivity index (χ2v) is 23.6. The van der Waals surface area contributed by atoms with Crippen molar-refractivity contribution in [3.8, 4) is 5.75 Å². The number of imide groups is 1. The third-order valence-corrected chi connectivity index (χ3v) is 16.8. The number of ether oxygens (including phenoxy) is 1. The Labute approximate surface area is 417 Å². The smallest absolute Gasteiger partial charge is 0.229 e. The van der Waals surface area contributed by atoms with Crippen LogP contribution in [0.4, 0.5) is 43.3 Å². The van der Waals surface area contributed by atoms with Crippen LogP contribution >= 0.6 is 23.1 Å². The molecule has 70 heavy (non-hydrogen) atoms. The average Bonchev–Trinajstić information content (AvgIpc) is 3.33. The van der Waals surface area contributed by atoms with Gasteiger partial charge in [-0.3, -0.25) is 24.8 Å². The maximum atomic E-state index is 15.5. The molecule has 6 heterocycles. The van der Waals surface area contributed by atoms with Crippen LogP contribution in [0.5, 0.6) is 5.75 Å². The van der Waals surface area contributed by atoms with Gasteiger partial charge in [0.25, 0.3) is 0 Å². The number of amides is 2. The molecule has 2 amide bonds. The van der Waals surface area contributed by atoms with Gasteiger partial charge in [0.2, 0.25) is 17.8 Å². The molecule has 14 nitrogen and oxygen atoms in total. The third-order valence-electron chi connectivity index (χ3n) is 14.6. The summed E-state index contributed by atoms with van der Waals surface area (Å²) in [5.74, 6) is -1.55. The molecule has 4 aliphatic rings. The lowest BCUT2D eigenvalue weighted by atomic mass is 9.88. The molecule has 2 aromatic heterocycles. The average molecular weight is 1040 g/mol. The van der Waals surface area contributed by atoms with Crippen LogP contribution in [0.3, 0.4) is 0 Å². The Morgan fingerprint density at radius 3 is 2.29 bits per heavy atom. The van der Waals surface area contributed by atoms with Gasteiger partial charge in [0.05, 0.1) is 28.5 Å². The monoisotopic (exact) mass is 1040 g/mol. The molecular formula is C52H64BrF2N10O4P. The molecule has 5 aromatic rings. The van der Waals surface area contributed by atoms with Crippen molar-refractivity contribution in [1.29, 1.82) is 0 Å². The van der Waals surface area contributed by atoms with E-state index in [9.17, 15) is 14.2 Å².